The van der Waals surface area contributed by atoms with Gasteiger partial charge < -0.3 is 14.6 Å². The molecule has 0 aliphatic carbocycles. The molecule has 3 rings (SSSR count). The Morgan fingerprint density at radius 1 is 1.24 bits per heavy atom. The van der Waals surface area contributed by atoms with Gasteiger partial charge in [0.1, 0.15) is 6.04 Å². The smallest absolute Gasteiger partial charge is 0.326 e. The highest BCUT2D eigenvalue weighted by Gasteiger charge is 2.33. The van der Waals surface area contributed by atoms with E-state index in [2.05, 4.69) is 0 Å². The van der Waals surface area contributed by atoms with Gasteiger partial charge in [-0.15, -0.1) is 0 Å². The van der Waals surface area contributed by atoms with Crippen LogP contribution in [0.15, 0.2) is 30.5 Å². The number of carboxylic acids is 1. The first-order chi connectivity index (χ1) is 10.1. The van der Waals surface area contributed by atoms with Crippen LogP contribution < -0.4 is 0 Å². The predicted octanol–water partition coefficient (Wildman–Crippen LogP) is 2.26. The fourth-order valence-electron chi connectivity index (χ4n) is 3.07. The fraction of sp³-hybridized carbons (Fsp3) is 0.375. The van der Waals surface area contributed by atoms with E-state index in [4.69, 9.17) is 0 Å². The predicted molar refractivity (Wildman–Crippen MR) is 79.2 cm³/mol. The summed E-state index contributed by atoms with van der Waals surface area (Å²) in [5.41, 5.74) is 1.56. The molecule has 1 saturated heterocycles. The maximum absolute atomic E-state index is 12.8. The Bertz CT molecular complexity index is 705. The number of fused-ring (bicyclic) bond motifs is 1. The molecule has 0 radical (unpaired) electrons. The zero-order valence-electron chi connectivity index (χ0n) is 12.0. The van der Waals surface area contributed by atoms with Crippen molar-refractivity contribution in [3.63, 3.8) is 0 Å². The van der Waals surface area contributed by atoms with E-state index in [1.807, 2.05) is 36.0 Å². The highest BCUT2D eigenvalue weighted by Crippen LogP contribution is 2.25. The summed E-state index contributed by atoms with van der Waals surface area (Å²) in [6, 6.07) is 6.78. The molecule has 0 spiro atoms. The second kappa shape index (κ2) is 5.24. The highest BCUT2D eigenvalue weighted by molar-refractivity contribution is 6.07. The topological polar surface area (TPSA) is 62.5 Å². The number of likely N-dealkylation sites (tertiary alicyclic amines) is 1. The number of amides is 1. The minimum Gasteiger partial charge on any atom is -0.480 e. The van der Waals surface area contributed by atoms with Gasteiger partial charge in [-0.05, 0) is 37.5 Å². The lowest BCUT2D eigenvalue weighted by molar-refractivity contribution is -0.143. The Morgan fingerprint density at radius 3 is 2.81 bits per heavy atom. The third-order valence-corrected chi connectivity index (χ3v) is 4.21. The number of aromatic nitrogens is 1. The summed E-state index contributed by atoms with van der Waals surface area (Å²) in [6.07, 6.45) is 4.16. The number of nitrogens with zero attached hydrogens (tertiary/aromatic N) is 2. The molecule has 21 heavy (non-hydrogen) atoms. The molecule has 1 atom stereocenters. The fourth-order valence-corrected chi connectivity index (χ4v) is 3.07. The van der Waals surface area contributed by atoms with Gasteiger partial charge in [0, 0.05) is 36.3 Å². The minimum atomic E-state index is -0.914. The van der Waals surface area contributed by atoms with Crippen LogP contribution in [0.3, 0.4) is 0 Å². The average Bonchev–Trinajstić information content (AvgIpc) is 2.88. The van der Waals surface area contributed by atoms with Crippen LogP contribution in [0, 0.1) is 0 Å². The molecule has 2 heterocycles. The van der Waals surface area contributed by atoms with Gasteiger partial charge in [0.05, 0.1) is 0 Å². The molecule has 1 unspecified atom stereocenters. The largest absolute Gasteiger partial charge is 0.480 e. The molecule has 0 bridgehead atoms. The van der Waals surface area contributed by atoms with Crippen molar-refractivity contribution in [3.8, 4) is 0 Å². The third-order valence-electron chi connectivity index (χ3n) is 4.21. The number of piperidine rings is 1. The van der Waals surface area contributed by atoms with Crippen molar-refractivity contribution in [1.29, 1.82) is 0 Å². The lowest BCUT2D eigenvalue weighted by atomic mass is 10.00. The Hall–Kier alpha value is -2.30. The van der Waals surface area contributed by atoms with Crippen LogP contribution in [0.4, 0.5) is 0 Å². The first-order valence-corrected chi connectivity index (χ1v) is 7.17. The van der Waals surface area contributed by atoms with E-state index in [-0.39, 0.29) is 5.91 Å². The molecule has 0 saturated carbocycles. The zero-order valence-corrected chi connectivity index (χ0v) is 12.0. The van der Waals surface area contributed by atoms with Gasteiger partial charge in [-0.25, -0.2) is 4.79 Å². The first kappa shape index (κ1) is 13.7. The molecule has 1 aromatic carbocycles. The van der Waals surface area contributed by atoms with Crippen molar-refractivity contribution in [1.82, 2.24) is 9.47 Å². The minimum absolute atomic E-state index is 0.182. The second-order valence-corrected chi connectivity index (χ2v) is 5.51. The number of aliphatic carboxylic acids is 1. The average molecular weight is 286 g/mol. The summed E-state index contributed by atoms with van der Waals surface area (Å²) in [6.45, 7) is 0.513. The first-order valence-electron chi connectivity index (χ1n) is 7.17. The molecule has 1 aliphatic heterocycles. The van der Waals surface area contributed by atoms with E-state index in [0.29, 0.717) is 18.5 Å². The monoisotopic (exact) mass is 286 g/mol. The Kier molecular flexibility index (Phi) is 3.41. The standard InChI is InChI=1S/C16H18N2O3/c1-17-10-8-11-12(5-4-7-13(11)17)15(19)18-9-3-2-6-14(18)16(20)21/h4-5,7-8,10,14H,2-3,6,9H2,1H3,(H,20,21). The molecular weight excluding hydrogens is 268 g/mol. The number of hydrogen-bond donors (Lipinski definition) is 1. The van der Waals surface area contributed by atoms with E-state index in [0.717, 1.165) is 23.7 Å². The molecular formula is C16H18N2O3. The third kappa shape index (κ3) is 2.28. The van der Waals surface area contributed by atoms with Gasteiger partial charge in [-0.2, -0.15) is 0 Å². The number of rotatable bonds is 2. The van der Waals surface area contributed by atoms with Crippen LogP contribution in [0.1, 0.15) is 29.6 Å². The molecule has 2 aromatic rings. The maximum atomic E-state index is 12.8. The van der Waals surface area contributed by atoms with E-state index in [1.165, 1.54) is 4.90 Å². The summed E-state index contributed by atoms with van der Waals surface area (Å²) >= 11 is 0. The van der Waals surface area contributed by atoms with Crippen LogP contribution in [-0.4, -0.2) is 39.0 Å². The number of aryl methyl sites for hydroxylation is 1. The van der Waals surface area contributed by atoms with Gasteiger partial charge in [0.15, 0.2) is 0 Å². The highest BCUT2D eigenvalue weighted by atomic mass is 16.4. The molecule has 1 N–H and O–H groups in total. The maximum Gasteiger partial charge on any atom is 0.326 e. The number of carbonyl (C=O) groups is 2. The Balaban J connectivity index is 2.01. The molecule has 1 aliphatic rings. The van der Waals surface area contributed by atoms with Crippen LogP contribution in [-0.2, 0) is 11.8 Å². The molecule has 5 nitrogen and oxygen atoms in total. The number of benzene rings is 1. The molecule has 5 heteroatoms. The number of hydrogen-bond acceptors (Lipinski definition) is 2. The number of carboxylic acid groups (broad SMARTS) is 1. The summed E-state index contributed by atoms with van der Waals surface area (Å²) in [7, 11) is 1.93. The van der Waals surface area contributed by atoms with Gasteiger partial charge in [-0.1, -0.05) is 6.07 Å². The summed E-state index contributed by atoms with van der Waals surface area (Å²) in [5, 5.41) is 10.2. The van der Waals surface area contributed by atoms with Crippen molar-refractivity contribution in [2.24, 2.45) is 7.05 Å². The molecule has 1 fully saturated rings. The molecule has 1 amide bonds. The van der Waals surface area contributed by atoms with Crippen LogP contribution in [0.25, 0.3) is 10.9 Å². The van der Waals surface area contributed by atoms with E-state index in [1.54, 1.807) is 6.07 Å². The van der Waals surface area contributed by atoms with Crippen LogP contribution >= 0.6 is 0 Å². The van der Waals surface area contributed by atoms with Crippen molar-refractivity contribution in [2.45, 2.75) is 25.3 Å². The van der Waals surface area contributed by atoms with E-state index in [9.17, 15) is 14.7 Å². The Labute approximate surface area is 122 Å². The quantitative estimate of drug-likeness (QED) is 0.921. The van der Waals surface area contributed by atoms with E-state index < -0.39 is 12.0 Å². The molecule has 110 valence electrons. The van der Waals surface area contributed by atoms with Gasteiger partial charge in [0.2, 0.25) is 0 Å². The number of carbonyl (C=O) groups excluding carboxylic acids is 1. The van der Waals surface area contributed by atoms with Gasteiger partial charge in [-0.3, -0.25) is 4.79 Å². The van der Waals surface area contributed by atoms with Crippen LogP contribution in [0.2, 0.25) is 0 Å². The zero-order chi connectivity index (χ0) is 15.0. The summed E-state index contributed by atoms with van der Waals surface area (Å²) in [5.74, 6) is -1.10. The lowest BCUT2D eigenvalue weighted by Crippen LogP contribution is -2.48. The summed E-state index contributed by atoms with van der Waals surface area (Å²) in [4.78, 5) is 25.7. The van der Waals surface area contributed by atoms with Crippen molar-refractivity contribution in [2.75, 3.05) is 6.54 Å². The lowest BCUT2D eigenvalue weighted by Gasteiger charge is -2.33. The second-order valence-electron chi connectivity index (χ2n) is 5.51. The van der Waals surface area contributed by atoms with Gasteiger partial charge >= 0.3 is 5.97 Å². The summed E-state index contributed by atoms with van der Waals surface area (Å²) < 4.78 is 1.96. The van der Waals surface area contributed by atoms with Crippen molar-refractivity contribution >= 4 is 22.8 Å². The van der Waals surface area contributed by atoms with Crippen molar-refractivity contribution < 1.29 is 14.7 Å². The molecule has 1 aromatic heterocycles. The normalized spacial score (nSPS) is 18.9. The Morgan fingerprint density at radius 2 is 2.05 bits per heavy atom. The van der Waals surface area contributed by atoms with E-state index >= 15 is 0 Å². The van der Waals surface area contributed by atoms with Crippen LogP contribution in [0.5, 0.6) is 0 Å². The van der Waals surface area contributed by atoms with Crippen molar-refractivity contribution in [3.05, 3.63) is 36.0 Å². The van der Waals surface area contributed by atoms with Gasteiger partial charge in [0.25, 0.3) is 5.91 Å². The SMILES string of the molecule is Cn1ccc2c(C(=O)N3CCCCC3C(=O)O)cccc21.